The first kappa shape index (κ1) is 15.3. The summed E-state index contributed by atoms with van der Waals surface area (Å²) in [5, 5.41) is -0.723. The molecule has 1 aromatic carbocycles. The number of benzene rings is 1. The molecule has 116 valence electrons. The van der Waals surface area contributed by atoms with Gasteiger partial charge >= 0.3 is 0 Å². The van der Waals surface area contributed by atoms with Crippen LogP contribution >= 0.6 is 11.6 Å². The zero-order valence-corrected chi connectivity index (χ0v) is 13.6. The van der Waals surface area contributed by atoms with Gasteiger partial charge in [-0.25, -0.2) is 21.6 Å². The number of sulfonamides is 1. The van der Waals surface area contributed by atoms with Gasteiger partial charge in [-0.2, -0.15) is 0 Å². The van der Waals surface area contributed by atoms with Crippen LogP contribution in [0.5, 0.6) is 0 Å². The number of hydrogen-bond acceptors (Lipinski definition) is 4. The quantitative estimate of drug-likeness (QED) is 0.821. The van der Waals surface area contributed by atoms with Crippen molar-refractivity contribution < 1.29 is 16.8 Å². The number of aryl methyl sites for hydroxylation is 2. The van der Waals surface area contributed by atoms with Crippen molar-refractivity contribution in [2.24, 2.45) is 0 Å². The number of sulfone groups is 1. The van der Waals surface area contributed by atoms with Gasteiger partial charge in [0.25, 0.3) is 0 Å². The van der Waals surface area contributed by atoms with Crippen LogP contribution in [0.15, 0.2) is 23.1 Å². The molecule has 21 heavy (non-hydrogen) atoms. The van der Waals surface area contributed by atoms with Crippen LogP contribution in [0.25, 0.3) is 0 Å². The van der Waals surface area contributed by atoms with E-state index in [1.54, 1.807) is 12.1 Å². The Bertz CT molecular complexity index is 773. The van der Waals surface area contributed by atoms with E-state index in [1.807, 2.05) is 6.07 Å². The third kappa shape index (κ3) is 3.11. The lowest BCUT2D eigenvalue weighted by atomic mass is 10.1. The topological polar surface area (TPSA) is 80.3 Å². The number of rotatable bonds is 3. The molecule has 8 heteroatoms. The van der Waals surface area contributed by atoms with Crippen LogP contribution in [0.1, 0.15) is 17.5 Å². The molecule has 0 radical (unpaired) electrons. The third-order valence-corrected chi connectivity index (χ3v) is 7.83. The number of nitrogens with one attached hydrogen (secondary N) is 1. The summed E-state index contributed by atoms with van der Waals surface area (Å²) >= 11 is 5.94. The molecule has 0 amide bonds. The molecule has 0 saturated carbocycles. The van der Waals surface area contributed by atoms with Gasteiger partial charge in [0.1, 0.15) is 0 Å². The highest BCUT2D eigenvalue weighted by Gasteiger charge is 2.39. The minimum atomic E-state index is -3.75. The van der Waals surface area contributed by atoms with Crippen LogP contribution in [0.3, 0.4) is 0 Å². The van der Waals surface area contributed by atoms with Crippen LogP contribution < -0.4 is 4.72 Å². The first-order valence-corrected chi connectivity index (χ1v) is 10.5. The second-order valence-electron chi connectivity index (χ2n) is 5.60. The van der Waals surface area contributed by atoms with E-state index in [2.05, 4.69) is 4.72 Å². The second-order valence-corrected chi connectivity index (χ2v) is 10.0. The van der Waals surface area contributed by atoms with Crippen molar-refractivity contribution in [1.29, 1.82) is 0 Å². The molecular formula is C13H16ClNO4S2. The highest BCUT2D eigenvalue weighted by atomic mass is 35.5. The number of hydrogen-bond donors (Lipinski definition) is 1. The standard InChI is InChI=1S/C13H16ClNO4S2/c14-12-7-20(16,17)8-13(12)15-21(18,19)11-5-4-9-2-1-3-10(9)6-11/h4-6,12-13,15H,1-3,7-8H2. The fourth-order valence-corrected chi connectivity index (χ4v) is 6.95. The van der Waals surface area contributed by atoms with Gasteiger partial charge in [0.2, 0.25) is 10.0 Å². The fraction of sp³-hybridized carbons (Fsp3) is 0.538. The largest absolute Gasteiger partial charge is 0.240 e. The maximum absolute atomic E-state index is 12.4. The van der Waals surface area contributed by atoms with E-state index in [-0.39, 0.29) is 16.4 Å². The highest BCUT2D eigenvalue weighted by Crippen LogP contribution is 2.26. The van der Waals surface area contributed by atoms with E-state index in [9.17, 15) is 16.8 Å². The molecular weight excluding hydrogens is 334 g/mol. The summed E-state index contributed by atoms with van der Waals surface area (Å²) in [6.45, 7) is 0. The molecule has 5 nitrogen and oxygen atoms in total. The average Bonchev–Trinajstić information content (AvgIpc) is 2.92. The first-order valence-electron chi connectivity index (χ1n) is 6.75. The van der Waals surface area contributed by atoms with Crippen LogP contribution in [-0.2, 0) is 32.7 Å². The Morgan fingerprint density at radius 3 is 2.52 bits per heavy atom. The molecule has 0 aromatic heterocycles. The molecule has 0 spiro atoms. The monoisotopic (exact) mass is 349 g/mol. The van der Waals surface area contributed by atoms with Crippen molar-refractivity contribution >= 4 is 31.5 Å². The molecule has 1 aliphatic carbocycles. The average molecular weight is 350 g/mol. The van der Waals surface area contributed by atoms with Crippen LogP contribution in [0.2, 0.25) is 0 Å². The zero-order valence-electron chi connectivity index (χ0n) is 11.2. The Morgan fingerprint density at radius 1 is 1.14 bits per heavy atom. The Labute approximate surface area is 129 Å². The van der Waals surface area contributed by atoms with Gasteiger partial charge in [-0.15, -0.1) is 11.6 Å². The van der Waals surface area contributed by atoms with Crippen molar-refractivity contribution in [3.8, 4) is 0 Å². The third-order valence-electron chi connectivity index (χ3n) is 3.97. The van der Waals surface area contributed by atoms with E-state index >= 15 is 0 Å². The summed E-state index contributed by atoms with van der Waals surface area (Å²) in [6.07, 6.45) is 2.90. The van der Waals surface area contributed by atoms with E-state index in [0.29, 0.717) is 0 Å². The second kappa shape index (κ2) is 5.22. The minimum absolute atomic E-state index is 0.177. The predicted molar refractivity (Wildman–Crippen MR) is 80.9 cm³/mol. The molecule has 1 saturated heterocycles. The van der Waals surface area contributed by atoms with Gasteiger partial charge in [0.15, 0.2) is 9.84 Å². The fourth-order valence-electron chi connectivity index (χ4n) is 2.90. The normalized spacial score (nSPS) is 27.7. The maximum atomic E-state index is 12.4. The Hall–Kier alpha value is -0.630. The van der Waals surface area contributed by atoms with Crippen LogP contribution in [-0.4, -0.2) is 39.8 Å². The lowest BCUT2D eigenvalue weighted by molar-refractivity contribution is 0.563. The molecule has 3 rings (SSSR count). The summed E-state index contributed by atoms with van der Waals surface area (Å²) in [7, 11) is -7.01. The number of fused-ring (bicyclic) bond motifs is 1. The smallest absolute Gasteiger partial charge is 0.229 e. The maximum Gasteiger partial charge on any atom is 0.240 e. The molecule has 2 unspecified atom stereocenters. The van der Waals surface area contributed by atoms with Crippen LogP contribution in [0, 0.1) is 0 Å². The van der Waals surface area contributed by atoms with Gasteiger partial charge in [-0.3, -0.25) is 0 Å². The molecule has 2 atom stereocenters. The number of halogens is 1. The molecule has 1 heterocycles. The van der Waals surface area contributed by atoms with Crippen molar-refractivity contribution in [2.45, 2.75) is 35.6 Å². The highest BCUT2D eigenvalue weighted by molar-refractivity contribution is 7.92. The Balaban J connectivity index is 1.85. The van der Waals surface area contributed by atoms with Gasteiger partial charge in [-0.1, -0.05) is 6.07 Å². The molecule has 1 N–H and O–H groups in total. The number of alkyl halides is 1. The minimum Gasteiger partial charge on any atom is -0.229 e. The van der Waals surface area contributed by atoms with E-state index in [0.717, 1.165) is 24.8 Å². The summed E-state index contributed by atoms with van der Waals surface area (Å²) < 4.78 is 50.2. The lowest BCUT2D eigenvalue weighted by Gasteiger charge is -2.15. The Kier molecular flexibility index (Phi) is 3.80. The zero-order chi connectivity index (χ0) is 15.3. The summed E-state index contributed by atoms with van der Waals surface area (Å²) in [5.41, 5.74) is 2.24. The molecule has 2 aliphatic rings. The van der Waals surface area contributed by atoms with Gasteiger partial charge < -0.3 is 0 Å². The van der Waals surface area contributed by atoms with Crippen molar-refractivity contribution in [3.05, 3.63) is 29.3 Å². The van der Waals surface area contributed by atoms with Crippen molar-refractivity contribution in [2.75, 3.05) is 11.5 Å². The molecule has 1 aliphatic heterocycles. The van der Waals surface area contributed by atoms with E-state index in [4.69, 9.17) is 11.6 Å². The molecule has 1 fully saturated rings. The van der Waals surface area contributed by atoms with Gasteiger partial charge in [-0.05, 0) is 42.5 Å². The SMILES string of the molecule is O=S1(=O)CC(Cl)C(NS(=O)(=O)c2ccc3c(c2)CCC3)C1. The lowest BCUT2D eigenvalue weighted by Crippen LogP contribution is -2.40. The first-order chi connectivity index (χ1) is 9.77. The van der Waals surface area contributed by atoms with Gasteiger partial charge in [0, 0.05) is 0 Å². The van der Waals surface area contributed by atoms with E-state index in [1.165, 1.54) is 5.56 Å². The van der Waals surface area contributed by atoms with Crippen molar-refractivity contribution in [3.63, 3.8) is 0 Å². The summed E-state index contributed by atoms with van der Waals surface area (Å²) in [5.74, 6) is -0.433. The summed E-state index contributed by atoms with van der Waals surface area (Å²) in [6, 6.07) is 4.31. The Morgan fingerprint density at radius 2 is 1.86 bits per heavy atom. The molecule has 0 bridgehead atoms. The van der Waals surface area contributed by atoms with Crippen LogP contribution in [0.4, 0.5) is 0 Å². The van der Waals surface area contributed by atoms with E-state index < -0.39 is 31.3 Å². The predicted octanol–water partition coefficient (Wildman–Crippen LogP) is 0.858. The molecule has 1 aromatic rings. The van der Waals surface area contributed by atoms with Crippen molar-refractivity contribution in [1.82, 2.24) is 4.72 Å². The summed E-state index contributed by atoms with van der Waals surface area (Å²) in [4.78, 5) is 0.177. The van der Waals surface area contributed by atoms with Gasteiger partial charge in [0.05, 0.1) is 27.8 Å².